The fourth-order valence-corrected chi connectivity index (χ4v) is 3.80. The zero-order valence-corrected chi connectivity index (χ0v) is 13.2. The van der Waals surface area contributed by atoms with E-state index in [1.165, 1.54) is 6.07 Å². The van der Waals surface area contributed by atoms with E-state index in [2.05, 4.69) is 18.7 Å². The number of hydrogen-bond acceptors (Lipinski definition) is 4. The average Bonchev–Trinajstić information content (AvgIpc) is 2.49. The molecule has 1 saturated heterocycles. The summed E-state index contributed by atoms with van der Waals surface area (Å²) >= 11 is 8.15. The highest BCUT2D eigenvalue weighted by molar-refractivity contribution is 8.00. The number of carboxylic acids is 1. The molecular formula is C14H19ClN2O2S. The van der Waals surface area contributed by atoms with E-state index in [9.17, 15) is 9.90 Å². The van der Waals surface area contributed by atoms with Crippen molar-refractivity contribution in [2.75, 3.05) is 29.5 Å². The van der Waals surface area contributed by atoms with Crippen molar-refractivity contribution in [3.8, 4) is 0 Å². The van der Waals surface area contributed by atoms with Crippen molar-refractivity contribution in [1.82, 2.24) is 0 Å². The third kappa shape index (κ3) is 3.33. The standard InChI is InChI=1S/C14H19ClN2O2S/c1-14(2)3-4-17(5-6-20-14)12-10(13(18)19)7-9(16)8-11(12)15/h7-8H,3-6,16H2,1-2H3,(H,18,19). The van der Waals surface area contributed by atoms with Gasteiger partial charge in [-0.15, -0.1) is 0 Å². The van der Waals surface area contributed by atoms with Crippen LogP contribution in [-0.4, -0.2) is 34.7 Å². The predicted octanol–water partition coefficient (Wildman–Crippen LogP) is 3.34. The molecule has 3 N–H and O–H groups in total. The average molecular weight is 315 g/mol. The lowest BCUT2D eigenvalue weighted by atomic mass is 10.1. The van der Waals surface area contributed by atoms with Gasteiger partial charge in [-0.2, -0.15) is 11.8 Å². The zero-order chi connectivity index (χ0) is 14.9. The van der Waals surface area contributed by atoms with Crippen molar-refractivity contribution in [2.24, 2.45) is 0 Å². The Morgan fingerprint density at radius 1 is 1.45 bits per heavy atom. The van der Waals surface area contributed by atoms with Gasteiger partial charge in [0.05, 0.1) is 16.3 Å². The highest BCUT2D eigenvalue weighted by atomic mass is 35.5. The van der Waals surface area contributed by atoms with Crippen molar-refractivity contribution in [2.45, 2.75) is 25.0 Å². The highest BCUT2D eigenvalue weighted by Crippen LogP contribution is 2.37. The zero-order valence-electron chi connectivity index (χ0n) is 11.6. The number of carbonyl (C=O) groups is 1. The van der Waals surface area contributed by atoms with Crippen LogP contribution in [0.4, 0.5) is 11.4 Å². The number of benzene rings is 1. The molecule has 1 aliphatic heterocycles. The minimum absolute atomic E-state index is 0.180. The molecule has 0 radical (unpaired) electrons. The van der Waals surface area contributed by atoms with Crippen molar-refractivity contribution >= 4 is 40.7 Å². The Labute approximate surface area is 128 Å². The lowest BCUT2D eigenvalue weighted by molar-refractivity contribution is 0.0697. The number of nitrogen functional groups attached to an aromatic ring is 1. The molecule has 110 valence electrons. The maximum absolute atomic E-state index is 11.4. The molecule has 20 heavy (non-hydrogen) atoms. The van der Waals surface area contributed by atoms with Gasteiger partial charge in [0, 0.05) is 29.3 Å². The fourth-order valence-electron chi connectivity index (χ4n) is 2.35. The molecule has 1 aromatic rings. The number of aromatic carboxylic acids is 1. The van der Waals surface area contributed by atoms with E-state index < -0.39 is 5.97 Å². The normalized spacial score (nSPS) is 18.6. The minimum Gasteiger partial charge on any atom is -0.478 e. The van der Waals surface area contributed by atoms with Gasteiger partial charge in [-0.25, -0.2) is 4.79 Å². The molecule has 0 atom stereocenters. The Morgan fingerprint density at radius 2 is 2.15 bits per heavy atom. The summed E-state index contributed by atoms with van der Waals surface area (Å²) in [7, 11) is 0. The van der Waals surface area contributed by atoms with E-state index in [-0.39, 0.29) is 10.3 Å². The van der Waals surface area contributed by atoms with E-state index in [0.29, 0.717) is 16.4 Å². The molecule has 0 aliphatic carbocycles. The van der Waals surface area contributed by atoms with Crippen molar-refractivity contribution < 1.29 is 9.90 Å². The molecule has 1 aromatic carbocycles. The van der Waals surface area contributed by atoms with Crippen molar-refractivity contribution in [1.29, 1.82) is 0 Å². The van der Waals surface area contributed by atoms with Gasteiger partial charge in [0.1, 0.15) is 0 Å². The van der Waals surface area contributed by atoms with Crippen LogP contribution >= 0.6 is 23.4 Å². The molecule has 6 heteroatoms. The van der Waals surface area contributed by atoms with Crippen molar-refractivity contribution in [3.05, 3.63) is 22.7 Å². The second-order valence-electron chi connectivity index (χ2n) is 5.55. The second kappa shape index (κ2) is 5.74. The Balaban J connectivity index is 2.39. The van der Waals surface area contributed by atoms with Gasteiger partial charge < -0.3 is 15.7 Å². The van der Waals surface area contributed by atoms with Gasteiger partial charge in [0.15, 0.2) is 0 Å². The Hall–Kier alpha value is -1.07. The summed E-state index contributed by atoms with van der Waals surface area (Å²) in [6.07, 6.45) is 0.984. The monoisotopic (exact) mass is 314 g/mol. The van der Waals surface area contributed by atoms with Gasteiger partial charge >= 0.3 is 5.97 Å². The first-order chi connectivity index (χ1) is 9.30. The molecule has 0 amide bonds. The van der Waals surface area contributed by atoms with E-state index in [1.54, 1.807) is 6.07 Å². The molecule has 1 heterocycles. The lowest BCUT2D eigenvalue weighted by Gasteiger charge is -2.26. The smallest absolute Gasteiger partial charge is 0.337 e. The number of thioether (sulfide) groups is 1. The maximum Gasteiger partial charge on any atom is 0.337 e. The molecular weight excluding hydrogens is 296 g/mol. The molecule has 1 fully saturated rings. The molecule has 0 unspecified atom stereocenters. The largest absolute Gasteiger partial charge is 0.478 e. The number of carboxylic acid groups (broad SMARTS) is 1. The van der Waals surface area contributed by atoms with Gasteiger partial charge in [0.2, 0.25) is 0 Å². The van der Waals surface area contributed by atoms with Gasteiger partial charge in [-0.1, -0.05) is 25.4 Å². The summed E-state index contributed by atoms with van der Waals surface area (Å²) in [4.78, 5) is 13.5. The number of hydrogen-bond donors (Lipinski definition) is 2. The van der Waals surface area contributed by atoms with Crippen LogP contribution in [0, 0.1) is 0 Å². The SMILES string of the molecule is CC1(C)CCN(c2c(Cl)cc(N)cc2C(=O)O)CCS1. The summed E-state index contributed by atoms with van der Waals surface area (Å²) in [6, 6.07) is 3.10. The lowest BCUT2D eigenvalue weighted by Crippen LogP contribution is -2.29. The van der Waals surface area contributed by atoms with E-state index in [1.807, 2.05) is 11.8 Å². The van der Waals surface area contributed by atoms with Crippen LogP contribution in [0.15, 0.2) is 12.1 Å². The summed E-state index contributed by atoms with van der Waals surface area (Å²) in [5, 5.41) is 9.78. The van der Waals surface area contributed by atoms with Crippen LogP contribution in [0.25, 0.3) is 0 Å². The summed E-state index contributed by atoms with van der Waals surface area (Å²) in [6.45, 7) is 6.01. The van der Waals surface area contributed by atoms with Crippen LogP contribution in [0.5, 0.6) is 0 Å². The van der Waals surface area contributed by atoms with Crippen LogP contribution < -0.4 is 10.6 Å². The number of rotatable bonds is 2. The van der Waals surface area contributed by atoms with E-state index >= 15 is 0 Å². The quantitative estimate of drug-likeness (QED) is 0.820. The molecule has 0 bridgehead atoms. The van der Waals surface area contributed by atoms with Crippen molar-refractivity contribution in [3.63, 3.8) is 0 Å². The third-order valence-electron chi connectivity index (χ3n) is 3.47. The Kier molecular flexibility index (Phi) is 4.39. The number of anilines is 2. The predicted molar refractivity (Wildman–Crippen MR) is 86.2 cm³/mol. The first-order valence-corrected chi connectivity index (χ1v) is 7.88. The number of nitrogens with two attached hydrogens (primary N) is 1. The molecule has 0 spiro atoms. The summed E-state index contributed by atoms with van der Waals surface area (Å²) in [5.74, 6) is -0.0439. The summed E-state index contributed by atoms with van der Waals surface area (Å²) in [5.41, 5.74) is 6.84. The van der Waals surface area contributed by atoms with Crippen LogP contribution in [0.3, 0.4) is 0 Å². The van der Waals surface area contributed by atoms with E-state index in [0.717, 1.165) is 25.3 Å². The van der Waals surface area contributed by atoms with Crippen LogP contribution in [0.2, 0.25) is 5.02 Å². The number of halogens is 1. The highest BCUT2D eigenvalue weighted by Gasteiger charge is 2.27. The first kappa shape index (κ1) is 15.3. The van der Waals surface area contributed by atoms with Gasteiger partial charge in [-0.05, 0) is 18.6 Å². The summed E-state index contributed by atoms with van der Waals surface area (Å²) < 4.78 is 0.207. The topological polar surface area (TPSA) is 66.6 Å². The Bertz CT molecular complexity index is 534. The third-order valence-corrected chi connectivity index (χ3v) is 5.13. The number of nitrogens with zero attached hydrogens (tertiary/aromatic N) is 1. The van der Waals surface area contributed by atoms with E-state index in [4.69, 9.17) is 17.3 Å². The van der Waals surface area contributed by atoms with Gasteiger partial charge in [0.25, 0.3) is 0 Å². The molecule has 1 aliphatic rings. The molecule has 2 rings (SSSR count). The maximum atomic E-state index is 11.4. The first-order valence-electron chi connectivity index (χ1n) is 6.51. The minimum atomic E-state index is -0.995. The molecule has 4 nitrogen and oxygen atoms in total. The fraction of sp³-hybridized carbons (Fsp3) is 0.500. The Morgan fingerprint density at radius 3 is 2.80 bits per heavy atom. The van der Waals surface area contributed by atoms with Crippen LogP contribution in [0.1, 0.15) is 30.6 Å². The van der Waals surface area contributed by atoms with Gasteiger partial charge in [-0.3, -0.25) is 0 Å². The molecule has 0 aromatic heterocycles. The second-order valence-corrected chi connectivity index (χ2v) is 7.76. The molecule has 0 saturated carbocycles. The van der Waals surface area contributed by atoms with Crippen LogP contribution in [-0.2, 0) is 0 Å².